The number of rotatable bonds is 5. The average Bonchev–Trinajstić information content (AvgIpc) is 3.23. The Kier molecular flexibility index (Phi) is 7.31. The van der Waals surface area contributed by atoms with Crippen molar-refractivity contribution in [2.45, 2.75) is 97.1 Å². The van der Waals surface area contributed by atoms with Crippen molar-refractivity contribution in [1.29, 1.82) is 0 Å². The summed E-state index contributed by atoms with van der Waals surface area (Å²) in [4.78, 5) is 28.5. The maximum absolute atomic E-state index is 13.3. The van der Waals surface area contributed by atoms with Gasteiger partial charge in [0, 0.05) is 32.0 Å². The number of amides is 2. The first kappa shape index (κ1) is 27.6. The minimum Gasteiger partial charge on any atom is -0.465 e. The molecule has 0 spiro atoms. The Balaban J connectivity index is 1.07. The van der Waals surface area contributed by atoms with E-state index >= 15 is 0 Å². The molecular formula is C32H50N2O5. The van der Waals surface area contributed by atoms with Gasteiger partial charge in [0.15, 0.2) is 0 Å². The molecule has 2 aliphatic heterocycles. The summed E-state index contributed by atoms with van der Waals surface area (Å²) < 4.78 is 5.33. The molecule has 39 heavy (non-hydrogen) atoms. The van der Waals surface area contributed by atoms with Crippen LogP contribution in [0.4, 0.5) is 4.79 Å². The van der Waals surface area contributed by atoms with E-state index in [1.54, 1.807) is 5.57 Å². The molecule has 7 nitrogen and oxygen atoms in total. The molecule has 2 amide bonds. The first-order chi connectivity index (χ1) is 18.6. The summed E-state index contributed by atoms with van der Waals surface area (Å²) in [7, 11) is 0. The number of piperazine rings is 1. The van der Waals surface area contributed by atoms with E-state index in [2.05, 4.69) is 26.8 Å². The molecule has 2 saturated heterocycles. The van der Waals surface area contributed by atoms with Crippen molar-refractivity contribution in [3.05, 3.63) is 11.6 Å². The van der Waals surface area contributed by atoms with Crippen LogP contribution in [0, 0.1) is 46.3 Å². The fourth-order valence-corrected chi connectivity index (χ4v) is 10.5. The number of aliphatic hydroxyl groups excluding tert-OH is 1. The van der Waals surface area contributed by atoms with Gasteiger partial charge < -0.3 is 24.7 Å². The van der Waals surface area contributed by atoms with Crippen molar-refractivity contribution in [2.24, 2.45) is 46.3 Å². The zero-order chi connectivity index (χ0) is 27.5. The fraction of sp³-hybridized carbons (Fsp3) is 0.875. The van der Waals surface area contributed by atoms with Crippen LogP contribution in [0.2, 0.25) is 0 Å². The van der Waals surface area contributed by atoms with E-state index in [0.717, 1.165) is 43.4 Å². The van der Waals surface area contributed by atoms with Crippen molar-refractivity contribution in [1.82, 2.24) is 9.80 Å². The van der Waals surface area contributed by atoms with Crippen molar-refractivity contribution in [2.75, 3.05) is 32.8 Å². The lowest BCUT2D eigenvalue weighted by molar-refractivity contribution is -0.138. The molecule has 0 bridgehead atoms. The van der Waals surface area contributed by atoms with Gasteiger partial charge in [0.05, 0.1) is 25.4 Å². The normalized spacial score (nSPS) is 43.0. The summed E-state index contributed by atoms with van der Waals surface area (Å²) in [6.07, 6.45) is 12.4. The topological polar surface area (TPSA) is 90.3 Å². The van der Waals surface area contributed by atoms with Crippen LogP contribution in [0.15, 0.2) is 11.6 Å². The predicted octanol–water partition coefficient (Wildman–Crippen LogP) is 5.18. The van der Waals surface area contributed by atoms with Gasteiger partial charge in [-0.1, -0.05) is 32.4 Å². The molecular weight excluding hydrogens is 492 g/mol. The summed E-state index contributed by atoms with van der Waals surface area (Å²) in [5.74, 6) is 3.89. The molecule has 0 aromatic heterocycles. The van der Waals surface area contributed by atoms with Crippen molar-refractivity contribution in [3.8, 4) is 0 Å². The van der Waals surface area contributed by atoms with Crippen molar-refractivity contribution in [3.63, 3.8) is 0 Å². The SMILES string of the molecule is CC(CCC(=O)N1CCN(C(=O)O)C(C2COC2)C1)[C@H]1CC[C@H]2[C@@H]3CC=C4C[C@@H](O)CC[C@]4(C)[C@H]3CC[C@]12C. The number of fused-ring (bicyclic) bond motifs is 5. The zero-order valence-corrected chi connectivity index (χ0v) is 24.3. The molecule has 9 atom stereocenters. The van der Waals surface area contributed by atoms with Crippen LogP contribution in [-0.4, -0.2) is 77.0 Å². The van der Waals surface area contributed by atoms with Crippen molar-refractivity contribution < 1.29 is 24.5 Å². The van der Waals surface area contributed by atoms with Gasteiger partial charge in [0.2, 0.25) is 5.91 Å². The van der Waals surface area contributed by atoms with Crippen LogP contribution in [0.5, 0.6) is 0 Å². The lowest BCUT2D eigenvalue weighted by Gasteiger charge is -2.58. The van der Waals surface area contributed by atoms with E-state index < -0.39 is 6.09 Å². The van der Waals surface area contributed by atoms with Gasteiger partial charge >= 0.3 is 6.09 Å². The molecule has 2 heterocycles. The highest BCUT2D eigenvalue weighted by Crippen LogP contribution is 2.67. The number of allylic oxidation sites excluding steroid dienone is 1. The lowest BCUT2D eigenvalue weighted by atomic mass is 9.47. The number of ether oxygens (including phenoxy) is 1. The molecule has 6 rings (SSSR count). The molecule has 3 saturated carbocycles. The first-order valence-corrected chi connectivity index (χ1v) is 15.8. The smallest absolute Gasteiger partial charge is 0.407 e. The summed E-state index contributed by atoms with van der Waals surface area (Å²) in [5.41, 5.74) is 2.19. The zero-order valence-electron chi connectivity index (χ0n) is 24.3. The van der Waals surface area contributed by atoms with Crippen molar-refractivity contribution >= 4 is 12.0 Å². The Hall–Kier alpha value is -1.60. The Morgan fingerprint density at radius 1 is 1.10 bits per heavy atom. The number of nitrogens with zero attached hydrogens (tertiary/aromatic N) is 2. The van der Waals surface area contributed by atoms with E-state index in [1.165, 1.54) is 37.0 Å². The second-order valence-corrected chi connectivity index (χ2v) is 14.6. The van der Waals surface area contributed by atoms with Crippen LogP contribution in [0.25, 0.3) is 0 Å². The first-order valence-electron chi connectivity index (χ1n) is 15.8. The molecule has 2 N–H and O–H groups in total. The van der Waals surface area contributed by atoms with Crippen LogP contribution >= 0.6 is 0 Å². The number of carboxylic acid groups (broad SMARTS) is 1. The standard InChI is InChI=1S/C32H50N2O5/c1-20(4-9-29(36)33-14-15-34(30(37)38)28(17-33)21-18-39-19-21)25-7-8-26-24-6-5-22-16-23(35)10-12-31(22,2)27(24)11-13-32(25,26)3/h5,20-21,23-28,35H,4,6-19H2,1-3H3,(H,37,38)/t20?,23-,24-,25+,26-,27-,28?,31-,32+/m0/s1. The maximum atomic E-state index is 13.3. The van der Waals surface area contributed by atoms with E-state index in [0.29, 0.717) is 56.5 Å². The number of carbonyl (C=O) groups excluding carboxylic acids is 1. The molecule has 4 aliphatic carbocycles. The summed E-state index contributed by atoms with van der Waals surface area (Å²) in [6, 6.07) is -0.143. The van der Waals surface area contributed by atoms with Crippen LogP contribution in [-0.2, 0) is 9.53 Å². The summed E-state index contributed by atoms with van der Waals surface area (Å²) in [6.45, 7) is 10.1. The van der Waals surface area contributed by atoms with Gasteiger partial charge in [-0.15, -0.1) is 0 Å². The Labute approximate surface area is 234 Å². The van der Waals surface area contributed by atoms with E-state index in [4.69, 9.17) is 4.74 Å². The third-order valence-electron chi connectivity index (χ3n) is 12.9. The molecule has 2 unspecified atom stereocenters. The molecule has 0 radical (unpaired) electrons. The lowest BCUT2D eigenvalue weighted by Crippen LogP contribution is -2.61. The van der Waals surface area contributed by atoms with E-state index in [1.807, 2.05) is 4.90 Å². The maximum Gasteiger partial charge on any atom is 0.407 e. The Morgan fingerprint density at radius 2 is 1.90 bits per heavy atom. The summed E-state index contributed by atoms with van der Waals surface area (Å²) in [5, 5.41) is 19.9. The van der Waals surface area contributed by atoms with Crippen LogP contribution in [0.1, 0.15) is 85.0 Å². The predicted molar refractivity (Wildman–Crippen MR) is 149 cm³/mol. The highest BCUT2D eigenvalue weighted by atomic mass is 16.5. The molecule has 0 aromatic carbocycles. The molecule has 218 valence electrons. The molecule has 6 aliphatic rings. The Bertz CT molecular complexity index is 995. The number of hydrogen-bond donors (Lipinski definition) is 2. The fourth-order valence-electron chi connectivity index (χ4n) is 10.5. The number of aliphatic hydroxyl groups is 1. The largest absolute Gasteiger partial charge is 0.465 e. The second kappa shape index (κ2) is 10.3. The highest BCUT2D eigenvalue weighted by molar-refractivity contribution is 5.76. The van der Waals surface area contributed by atoms with Gasteiger partial charge in [0.25, 0.3) is 0 Å². The third kappa shape index (κ3) is 4.64. The molecule has 5 fully saturated rings. The van der Waals surface area contributed by atoms with E-state index in [9.17, 15) is 19.8 Å². The average molecular weight is 543 g/mol. The third-order valence-corrected chi connectivity index (χ3v) is 12.9. The second-order valence-electron chi connectivity index (χ2n) is 14.6. The quantitative estimate of drug-likeness (QED) is 0.467. The van der Waals surface area contributed by atoms with Crippen LogP contribution < -0.4 is 0 Å². The minimum atomic E-state index is -0.883. The minimum absolute atomic E-state index is 0.143. The monoisotopic (exact) mass is 542 g/mol. The molecule has 7 heteroatoms. The molecule has 0 aromatic rings. The highest BCUT2D eigenvalue weighted by Gasteiger charge is 2.59. The van der Waals surface area contributed by atoms with Gasteiger partial charge in [-0.05, 0) is 98.2 Å². The van der Waals surface area contributed by atoms with Gasteiger partial charge in [0.1, 0.15) is 0 Å². The number of carbonyl (C=O) groups is 2. The summed E-state index contributed by atoms with van der Waals surface area (Å²) >= 11 is 0. The van der Waals surface area contributed by atoms with Crippen LogP contribution in [0.3, 0.4) is 0 Å². The Morgan fingerprint density at radius 3 is 2.62 bits per heavy atom. The van der Waals surface area contributed by atoms with Gasteiger partial charge in [-0.2, -0.15) is 0 Å². The van der Waals surface area contributed by atoms with E-state index in [-0.39, 0.29) is 29.4 Å². The van der Waals surface area contributed by atoms with Gasteiger partial charge in [-0.3, -0.25) is 4.79 Å². The number of hydrogen-bond acceptors (Lipinski definition) is 4. The van der Waals surface area contributed by atoms with Gasteiger partial charge in [-0.25, -0.2) is 4.79 Å².